The number of hydrogen-bond donors (Lipinski definition) is 1. The van der Waals surface area contributed by atoms with E-state index in [0.717, 1.165) is 36.0 Å². The molecule has 1 saturated carbocycles. The van der Waals surface area contributed by atoms with Crippen molar-refractivity contribution in [2.24, 2.45) is 5.92 Å². The van der Waals surface area contributed by atoms with Gasteiger partial charge in [-0.1, -0.05) is 54.6 Å². The molecular weight excluding hydrogens is 410 g/mol. The summed E-state index contributed by atoms with van der Waals surface area (Å²) in [7, 11) is 0. The first-order valence-electron chi connectivity index (χ1n) is 11.8. The number of nitrogens with one attached hydrogen (secondary N) is 1. The van der Waals surface area contributed by atoms with Crippen LogP contribution in [0.25, 0.3) is 11.1 Å². The van der Waals surface area contributed by atoms with Crippen molar-refractivity contribution in [1.29, 1.82) is 5.26 Å². The quantitative estimate of drug-likeness (QED) is 0.609. The molecule has 1 aliphatic heterocycles. The van der Waals surface area contributed by atoms with Crippen molar-refractivity contribution < 1.29 is 9.53 Å². The minimum Gasteiger partial charge on any atom is -0.474 e. The Morgan fingerprint density at radius 1 is 1.15 bits per heavy atom. The van der Waals surface area contributed by atoms with Crippen molar-refractivity contribution in [2.45, 2.75) is 70.2 Å². The lowest BCUT2D eigenvalue weighted by Gasteiger charge is -2.39. The Labute approximate surface area is 197 Å². The Morgan fingerprint density at radius 2 is 1.82 bits per heavy atom. The highest BCUT2D eigenvalue weighted by Gasteiger charge is 2.50. The fraction of sp³-hybridized carbons (Fsp3) is 0.429. The number of likely N-dealkylation sites (tertiary alicyclic amines) is 1. The van der Waals surface area contributed by atoms with Crippen LogP contribution in [0.3, 0.4) is 0 Å². The molecule has 2 aromatic carbocycles. The Kier molecular flexibility index (Phi) is 6.47. The third-order valence-electron chi connectivity index (χ3n) is 6.54. The summed E-state index contributed by atoms with van der Waals surface area (Å²) in [5.41, 5.74) is 2.93. The molecule has 2 aromatic rings. The highest BCUT2D eigenvalue weighted by atomic mass is 16.5. The normalized spacial score (nSPS) is 22.5. The summed E-state index contributed by atoms with van der Waals surface area (Å²) in [4.78, 5) is 15.4. The van der Waals surface area contributed by atoms with Gasteiger partial charge in [-0.2, -0.15) is 5.26 Å². The minimum atomic E-state index is -0.585. The van der Waals surface area contributed by atoms with Crippen LogP contribution in [0.4, 0.5) is 0 Å². The minimum absolute atomic E-state index is 0.103. The number of fused-ring (bicyclic) bond motifs is 2. The summed E-state index contributed by atoms with van der Waals surface area (Å²) < 4.78 is 6.02. The standard InChI is InChI=1S/C28H33N3O2/c1-19(33-28(2,3)4)31-25-15-14-23(17-25)26(31)27(32)30-24(18-29)16-20-10-12-22(13-11-20)21-8-6-5-7-9-21/h5-13,23-26H,1,14-17H2,2-4H3,(H,30,32)/t23-,24-,25+,26-/m0/s1. The molecule has 33 heavy (non-hydrogen) atoms. The second-order valence-electron chi connectivity index (χ2n) is 10.1. The van der Waals surface area contributed by atoms with Crippen LogP contribution in [-0.2, 0) is 16.0 Å². The Bertz CT molecular complexity index is 1030. The van der Waals surface area contributed by atoms with Gasteiger partial charge in [-0.3, -0.25) is 4.79 Å². The predicted molar refractivity (Wildman–Crippen MR) is 130 cm³/mol. The lowest BCUT2D eigenvalue weighted by atomic mass is 9.97. The fourth-order valence-corrected chi connectivity index (χ4v) is 5.18. The highest BCUT2D eigenvalue weighted by Crippen LogP contribution is 2.45. The van der Waals surface area contributed by atoms with Crippen LogP contribution in [0, 0.1) is 17.2 Å². The van der Waals surface area contributed by atoms with Gasteiger partial charge < -0.3 is 15.0 Å². The van der Waals surface area contributed by atoms with E-state index in [1.54, 1.807) is 0 Å². The van der Waals surface area contributed by atoms with E-state index in [2.05, 4.69) is 47.1 Å². The first kappa shape index (κ1) is 22.9. The lowest BCUT2D eigenvalue weighted by molar-refractivity contribution is -0.130. The van der Waals surface area contributed by atoms with E-state index in [9.17, 15) is 10.1 Å². The monoisotopic (exact) mass is 443 g/mol. The van der Waals surface area contributed by atoms with Gasteiger partial charge in [-0.15, -0.1) is 0 Å². The molecular formula is C28H33N3O2. The Balaban J connectivity index is 1.42. The van der Waals surface area contributed by atoms with Crippen molar-refractivity contribution in [3.8, 4) is 17.2 Å². The van der Waals surface area contributed by atoms with Gasteiger partial charge in [0.2, 0.25) is 5.91 Å². The number of amides is 1. The summed E-state index contributed by atoms with van der Waals surface area (Å²) in [5, 5.41) is 12.7. The van der Waals surface area contributed by atoms with Crippen molar-refractivity contribution in [3.05, 3.63) is 72.6 Å². The summed E-state index contributed by atoms with van der Waals surface area (Å²) in [6.07, 6.45) is 3.52. The van der Waals surface area contributed by atoms with Gasteiger partial charge in [0.05, 0.1) is 6.07 Å². The van der Waals surface area contributed by atoms with Crippen LogP contribution in [0.5, 0.6) is 0 Å². The van der Waals surface area contributed by atoms with Gasteiger partial charge in [-0.25, -0.2) is 0 Å². The molecule has 2 bridgehead atoms. The van der Waals surface area contributed by atoms with E-state index in [0.29, 0.717) is 12.3 Å². The largest absolute Gasteiger partial charge is 0.474 e. The highest BCUT2D eigenvalue weighted by molar-refractivity contribution is 5.83. The number of ether oxygens (including phenoxy) is 1. The van der Waals surface area contributed by atoms with Crippen LogP contribution in [-0.4, -0.2) is 34.5 Å². The SMILES string of the molecule is C=C(OC(C)(C)C)N1[C@@H]2CC[C@@H](C2)[C@H]1C(=O)N[C@H](C#N)Cc1ccc(-c2ccccc2)cc1. The van der Waals surface area contributed by atoms with E-state index < -0.39 is 6.04 Å². The number of rotatable bonds is 7. The molecule has 0 radical (unpaired) electrons. The molecule has 4 rings (SSSR count). The maximum atomic E-state index is 13.3. The van der Waals surface area contributed by atoms with Gasteiger partial charge in [0.15, 0.2) is 5.88 Å². The van der Waals surface area contributed by atoms with E-state index in [4.69, 9.17) is 4.74 Å². The van der Waals surface area contributed by atoms with Crippen LogP contribution >= 0.6 is 0 Å². The second kappa shape index (κ2) is 9.31. The number of carbonyl (C=O) groups excluding carboxylic acids is 1. The molecule has 0 spiro atoms. The average Bonchev–Trinajstić information content (AvgIpc) is 3.40. The van der Waals surface area contributed by atoms with Crippen molar-refractivity contribution in [1.82, 2.24) is 10.2 Å². The van der Waals surface area contributed by atoms with Crippen LogP contribution in [0.15, 0.2) is 67.1 Å². The van der Waals surface area contributed by atoms with Gasteiger partial charge in [0.25, 0.3) is 0 Å². The van der Waals surface area contributed by atoms with Crippen LogP contribution < -0.4 is 5.32 Å². The van der Waals surface area contributed by atoms with Crippen molar-refractivity contribution >= 4 is 5.91 Å². The zero-order chi connectivity index (χ0) is 23.6. The third kappa shape index (κ3) is 5.22. The molecule has 1 N–H and O–H groups in total. The molecule has 2 fully saturated rings. The molecule has 1 aliphatic carbocycles. The first-order chi connectivity index (χ1) is 15.7. The van der Waals surface area contributed by atoms with Crippen LogP contribution in [0.2, 0.25) is 0 Å². The Morgan fingerprint density at radius 3 is 2.45 bits per heavy atom. The number of nitriles is 1. The molecule has 1 heterocycles. The van der Waals surface area contributed by atoms with Crippen molar-refractivity contribution in [2.75, 3.05) is 0 Å². The smallest absolute Gasteiger partial charge is 0.244 e. The zero-order valence-electron chi connectivity index (χ0n) is 19.8. The molecule has 0 aromatic heterocycles. The number of piperidine rings is 1. The number of carbonyl (C=O) groups is 1. The fourth-order valence-electron chi connectivity index (χ4n) is 5.18. The summed E-state index contributed by atoms with van der Waals surface area (Å²) in [6, 6.07) is 20.0. The van der Waals surface area contributed by atoms with E-state index in [-0.39, 0.29) is 29.5 Å². The second-order valence-corrected chi connectivity index (χ2v) is 10.1. The summed E-state index contributed by atoms with van der Waals surface area (Å²) in [6.45, 7) is 10.1. The number of hydrogen-bond acceptors (Lipinski definition) is 4. The van der Waals surface area contributed by atoms with Gasteiger partial charge in [0.1, 0.15) is 17.7 Å². The summed E-state index contributed by atoms with van der Waals surface area (Å²) in [5.74, 6) is 0.730. The predicted octanol–water partition coefficient (Wildman–Crippen LogP) is 5.04. The molecule has 1 saturated heterocycles. The van der Waals surface area contributed by atoms with E-state index in [1.807, 2.05) is 51.1 Å². The van der Waals surface area contributed by atoms with Gasteiger partial charge in [-0.05, 0) is 69.2 Å². The van der Waals surface area contributed by atoms with E-state index >= 15 is 0 Å². The maximum absolute atomic E-state index is 13.3. The number of benzene rings is 2. The lowest BCUT2D eigenvalue weighted by Crippen LogP contribution is -2.52. The zero-order valence-corrected chi connectivity index (χ0v) is 19.8. The number of nitrogens with zero attached hydrogens (tertiary/aromatic N) is 2. The van der Waals surface area contributed by atoms with Crippen LogP contribution in [0.1, 0.15) is 45.6 Å². The molecule has 5 heteroatoms. The topological polar surface area (TPSA) is 65.4 Å². The molecule has 0 unspecified atom stereocenters. The van der Waals surface area contributed by atoms with E-state index in [1.165, 1.54) is 0 Å². The molecule has 5 nitrogen and oxygen atoms in total. The van der Waals surface area contributed by atoms with Crippen molar-refractivity contribution in [3.63, 3.8) is 0 Å². The first-order valence-corrected chi connectivity index (χ1v) is 11.8. The molecule has 1 amide bonds. The molecule has 172 valence electrons. The van der Waals surface area contributed by atoms with Gasteiger partial charge in [0, 0.05) is 12.5 Å². The maximum Gasteiger partial charge on any atom is 0.244 e. The molecule has 2 aliphatic rings. The average molecular weight is 444 g/mol. The Hall–Kier alpha value is -3.26. The molecule has 4 atom stereocenters. The van der Waals surface area contributed by atoms with Gasteiger partial charge >= 0.3 is 0 Å². The third-order valence-corrected chi connectivity index (χ3v) is 6.54. The summed E-state index contributed by atoms with van der Waals surface area (Å²) >= 11 is 0.